The van der Waals surface area contributed by atoms with E-state index < -0.39 is 18.3 Å². The number of benzene rings is 1. The summed E-state index contributed by atoms with van der Waals surface area (Å²) in [4.78, 5) is 18.8. The van der Waals surface area contributed by atoms with Gasteiger partial charge in [0.1, 0.15) is 18.4 Å². The van der Waals surface area contributed by atoms with E-state index in [1.54, 1.807) is 24.5 Å². The van der Waals surface area contributed by atoms with Crippen molar-refractivity contribution in [1.82, 2.24) is 15.3 Å². The van der Waals surface area contributed by atoms with Crippen LogP contribution in [0.25, 0.3) is 11.0 Å². The highest BCUT2D eigenvalue weighted by Gasteiger charge is 2.21. The van der Waals surface area contributed by atoms with E-state index in [1.165, 1.54) is 0 Å². The summed E-state index contributed by atoms with van der Waals surface area (Å²) >= 11 is 0. The number of H-pyrrole nitrogens is 1. The maximum Gasteiger partial charge on any atom is 0.407 e. The summed E-state index contributed by atoms with van der Waals surface area (Å²) in [6.07, 6.45) is 0.833. The van der Waals surface area contributed by atoms with Crippen LogP contribution < -0.4 is 5.32 Å². The number of hydrogen-bond donors (Lipinski definition) is 4. The number of carbonyl (C=O) groups excluding carboxylic acids is 1. The first-order valence-electron chi connectivity index (χ1n) is 8.38. The molecular formula is C19H21N3O4. The second-order valence-corrected chi connectivity index (χ2v) is 5.93. The zero-order valence-electron chi connectivity index (χ0n) is 14.1. The summed E-state index contributed by atoms with van der Waals surface area (Å²) < 4.78 is 5.10. The number of amides is 1. The fourth-order valence-corrected chi connectivity index (χ4v) is 2.70. The van der Waals surface area contributed by atoms with Gasteiger partial charge in [-0.3, -0.25) is 0 Å². The molecule has 7 heteroatoms. The molecule has 2 unspecified atom stereocenters. The lowest BCUT2D eigenvalue weighted by atomic mass is 10.0. The Morgan fingerprint density at radius 2 is 2.00 bits per heavy atom. The molecule has 3 rings (SSSR count). The number of rotatable bonds is 7. The number of hydrogen-bond acceptors (Lipinski definition) is 5. The lowest BCUT2D eigenvalue weighted by Crippen LogP contribution is -2.29. The first kappa shape index (κ1) is 17.9. The summed E-state index contributed by atoms with van der Waals surface area (Å²) in [5.74, 6) is 0. The second kappa shape index (κ2) is 8.46. The van der Waals surface area contributed by atoms with Gasteiger partial charge in [-0.15, -0.1) is 0 Å². The van der Waals surface area contributed by atoms with Gasteiger partial charge in [0.15, 0.2) is 0 Å². The Bertz CT molecular complexity index is 850. The van der Waals surface area contributed by atoms with Crippen molar-refractivity contribution in [2.75, 3.05) is 6.54 Å². The molecule has 1 aromatic carbocycles. The minimum Gasteiger partial charge on any atom is -0.445 e. The lowest BCUT2D eigenvalue weighted by Gasteiger charge is -2.19. The van der Waals surface area contributed by atoms with Gasteiger partial charge >= 0.3 is 6.09 Å². The largest absolute Gasteiger partial charge is 0.445 e. The Balaban J connectivity index is 1.45. The summed E-state index contributed by atoms with van der Waals surface area (Å²) in [7, 11) is 0. The fraction of sp³-hybridized carbons (Fsp3) is 0.263. The lowest BCUT2D eigenvalue weighted by molar-refractivity contribution is 0.0144. The molecule has 4 N–H and O–H groups in total. The van der Waals surface area contributed by atoms with Crippen LogP contribution >= 0.6 is 0 Å². The van der Waals surface area contributed by atoms with Crippen molar-refractivity contribution in [2.24, 2.45) is 0 Å². The van der Waals surface area contributed by atoms with Crippen LogP contribution in [-0.4, -0.2) is 38.9 Å². The monoisotopic (exact) mass is 355 g/mol. The zero-order valence-corrected chi connectivity index (χ0v) is 14.1. The third-order valence-electron chi connectivity index (χ3n) is 4.10. The van der Waals surface area contributed by atoms with Crippen LogP contribution in [0.1, 0.15) is 23.7 Å². The molecule has 1 amide bonds. The van der Waals surface area contributed by atoms with Crippen molar-refractivity contribution >= 4 is 17.1 Å². The van der Waals surface area contributed by atoms with Crippen LogP contribution in [0.4, 0.5) is 4.79 Å². The molecule has 26 heavy (non-hydrogen) atoms. The van der Waals surface area contributed by atoms with Gasteiger partial charge in [0.25, 0.3) is 0 Å². The molecule has 0 saturated carbocycles. The minimum absolute atomic E-state index is 0.181. The van der Waals surface area contributed by atoms with E-state index in [4.69, 9.17) is 4.74 Å². The molecule has 0 spiro atoms. The topological polar surface area (TPSA) is 107 Å². The van der Waals surface area contributed by atoms with E-state index in [1.807, 2.05) is 30.3 Å². The van der Waals surface area contributed by atoms with E-state index in [2.05, 4.69) is 15.3 Å². The number of nitrogens with zero attached hydrogens (tertiary/aromatic N) is 1. The fourth-order valence-electron chi connectivity index (χ4n) is 2.70. The molecule has 2 atom stereocenters. The first-order chi connectivity index (χ1) is 12.6. The molecule has 0 aliphatic carbocycles. The van der Waals surface area contributed by atoms with Gasteiger partial charge in [0, 0.05) is 24.3 Å². The van der Waals surface area contributed by atoms with E-state index in [-0.39, 0.29) is 19.6 Å². The summed E-state index contributed by atoms with van der Waals surface area (Å²) in [6, 6.07) is 12.8. The number of alkyl carbamates (subject to hydrolysis) is 1. The van der Waals surface area contributed by atoms with Crippen LogP contribution in [0, 0.1) is 0 Å². The van der Waals surface area contributed by atoms with Crippen molar-refractivity contribution in [3.05, 3.63) is 66.0 Å². The van der Waals surface area contributed by atoms with Crippen molar-refractivity contribution in [3.63, 3.8) is 0 Å². The van der Waals surface area contributed by atoms with Gasteiger partial charge in [-0.1, -0.05) is 30.3 Å². The predicted molar refractivity (Wildman–Crippen MR) is 96.3 cm³/mol. The van der Waals surface area contributed by atoms with E-state index in [0.717, 1.165) is 10.9 Å². The third kappa shape index (κ3) is 4.38. The maximum absolute atomic E-state index is 11.7. The number of aliphatic hydroxyl groups excluding tert-OH is 2. The molecule has 0 aliphatic rings. The molecule has 2 aromatic heterocycles. The SMILES string of the molecule is O=C(NCCC(O)C(O)c1ccnc2[nH]ccc12)OCc1ccccc1. The van der Waals surface area contributed by atoms with Gasteiger partial charge < -0.3 is 25.3 Å². The van der Waals surface area contributed by atoms with Crippen LogP contribution in [0.3, 0.4) is 0 Å². The average Bonchev–Trinajstić information content (AvgIpc) is 3.15. The standard InChI is InChI=1S/C19H21N3O4/c23-16(17(24)14-6-9-20-18-15(14)7-10-21-18)8-11-22-19(25)26-12-13-4-2-1-3-5-13/h1-7,9-10,16-17,23-24H,8,11-12H2,(H,20,21)(H,22,25). The van der Waals surface area contributed by atoms with Crippen molar-refractivity contribution in [2.45, 2.75) is 25.2 Å². The van der Waals surface area contributed by atoms with Crippen LogP contribution in [0.15, 0.2) is 54.9 Å². The Kier molecular flexibility index (Phi) is 5.83. The highest BCUT2D eigenvalue weighted by atomic mass is 16.5. The molecular weight excluding hydrogens is 334 g/mol. The molecule has 136 valence electrons. The van der Waals surface area contributed by atoms with E-state index >= 15 is 0 Å². The van der Waals surface area contributed by atoms with E-state index in [9.17, 15) is 15.0 Å². The molecule has 0 saturated heterocycles. The van der Waals surface area contributed by atoms with E-state index in [0.29, 0.717) is 11.2 Å². The highest BCUT2D eigenvalue weighted by molar-refractivity contribution is 5.79. The number of aromatic amines is 1. The molecule has 3 aromatic rings. The number of ether oxygens (including phenoxy) is 1. The number of aromatic nitrogens is 2. The molecule has 0 aliphatic heterocycles. The highest BCUT2D eigenvalue weighted by Crippen LogP contribution is 2.25. The zero-order chi connectivity index (χ0) is 18.4. The summed E-state index contributed by atoms with van der Waals surface area (Å²) in [5, 5.41) is 23.9. The number of aliphatic hydroxyl groups is 2. The molecule has 0 radical (unpaired) electrons. The minimum atomic E-state index is -1.07. The quantitative estimate of drug-likeness (QED) is 0.520. The summed E-state index contributed by atoms with van der Waals surface area (Å²) in [5.41, 5.74) is 2.14. The third-order valence-corrected chi connectivity index (χ3v) is 4.10. The maximum atomic E-state index is 11.7. The van der Waals surface area contributed by atoms with Crippen molar-refractivity contribution < 1.29 is 19.7 Å². The van der Waals surface area contributed by atoms with Crippen molar-refractivity contribution in [3.8, 4) is 0 Å². The Morgan fingerprint density at radius 1 is 1.19 bits per heavy atom. The molecule has 2 heterocycles. The van der Waals surface area contributed by atoms with Crippen LogP contribution in [-0.2, 0) is 11.3 Å². The second-order valence-electron chi connectivity index (χ2n) is 5.93. The van der Waals surface area contributed by atoms with Gasteiger partial charge in [-0.25, -0.2) is 9.78 Å². The number of nitrogens with one attached hydrogen (secondary N) is 2. The average molecular weight is 355 g/mol. The van der Waals surface area contributed by atoms with Gasteiger partial charge in [0.05, 0.1) is 6.10 Å². The smallest absolute Gasteiger partial charge is 0.407 e. The van der Waals surface area contributed by atoms with Gasteiger partial charge in [-0.05, 0) is 29.7 Å². The van der Waals surface area contributed by atoms with Crippen LogP contribution in [0.2, 0.25) is 0 Å². The number of pyridine rings is 1. The Labute approximate surface area is 150 Å². The summed E-state index contributed by atoms with van der Waals surface area (Å²) in [6.45, 7) is 0.369. The Morgan fingerprint density at radius 3 is 2.81 bits per heavy atom. The Hall–Kier alpha value is -2.90. The molecule has 0 bridgehead atoms. The normalized spacial score (nSPS) is 13.3. The van der Waals surface area contributed by atoms with Crippen LogP contribution in [0.5, 0.6) is 0 Å². The first-order valence-corrected chi connectivity index (χ1v) is 8.38. The molecule has 0 fully saturated rings. The number of carbonyl (C=O) groups is 1. The van der Waals surface area contributed by atoms with Crippen molar-refractivity contribution in [1.29, 1.82) is 0 Å². The van der Waals surface area contributed by atoms with Gasteiger partial charge in [-0.2, -0.15) is 0 Å². The predicted octanol–water partition coefficient (Wildman–Crippen LogP) is 2.27. The van der Waals surface area contributed by atoms with Gasteiger partial charge in [0.2, 0.25) is 0 Å². The molecule has 7 nitrogen and oxygen atoms in total. The number of fused-ring (bicyclic) bond motifs is 1.